The van der Waals surface area contributed by atoms with E-state index < -0.39 is 86.2 Å². The number of sulfonamides is 1. The summed E-state index contributed by atoms with van der Waals surface area (Å²) in [7, 11) is -3.97. The number of nitrogens with one attached hydrogen (secondary N) is 3. The summed E-state index contributed by atoms with van der Waals surface area (Å²) in [5.41, 5.74) is -1.63. The van der Waals surface area contributed by atoms with Gasteiger partial charge in [-0.3, -0.25) is 28.8 Å². The van der Waals surface area contributed by atoms with Crippen molar-refractivity contribution < 1.29 is 51.0 Å². The molecule has 6 rings (SSSR count). The molecule has 3 saturated carbocycles. The van der Waals surface area contributed by atoms with Gasteiger partial charge in [-0.2, -0.15) is 0 Å². The fourth-order valence-corrected chi connectivity index (χ4v) is 8.64. The van der Waals surface area contributed by atoms with E-state index in [1.165, 1.54) is 29.2 Å². The van der Waals surface area contributed by atoms with Crippen LogP contribution in [0.2, 0.25) is 0 Å². The minimum atomic E-state index is -3.97. The number of halogens is 1. The lowest BCUT2D eigenvalue weighted by atomic mass is 9.85. The predicted octanol–water partition coefficient (Wildman–Crippen LogP) is 3.52. The predicted molar refractivity (Wildman–Crippen MR) is 199 cm³/mol. The lowest BCUT2D eigenvalue weighted by Gasteiger charge is -2.30. The zero-order valence-electron chi connectivity index (χ0n) is 31.9. The van der Waals surface area contributed by atoms with Gasteiger partial charge in [0.05, 0.1) is 18.3 Å². The van der Waals surface area contributed by atoms with Gasteiger partial charge in [-0.25, -0.2) is 22.4 Å². The number of hydrogen-bond donors (Lipinski definition) is 3. The molecule has 5 aliphatic rings. The Bertz CT molecular complexity index is 1920. The van der Waals surface area contributed by atoms with E-state index in [2.05, 4.69) is 21.9 Å². The Morgan fingerprint density at radius 2 is 1.82 bits per heavy atom. The minimum Gasteiger partial charge on any atom is -0.444 e. The van der Waals surface area contributed by atoms with Gasteiger partial charge in [0.25, 0.3) is 5.91 Å². The molecular weight excluding hydrogens is 750 g/mol. The summed E-state index contributed by atoms with van der Waals surface area (Å²) in [6.45, 7) is 8.37. The van der Waals surface area contributed by atoms with Gasteiger partial charge in [0.15, 0.2) is 5.78 Å². The average molecular weight is 800 g/mol. The molecule has 15 nitrogen and oxygen atoms in total. The Hall–Kier alpha value is -4.80. The highest BCUT2D eigenvalue weighted by Crippen LogP contribution is 2.45. The third kappa shape index (κ3) is 9.41. The molecule has 0 unspecified atom stereocenters. The van der Waals surface area contributed by atoms with Gasteiger partial charge in [0.2, 0.25) is 21.8 Å². The van der Waals surface area contributed by atoms with Crippen LogP contribution in [-0.2, 0) is 51.8 Å². The number of allylic oxidation sites excluding steroid dienone is 2. The van der Waals surface area contributed by atoms with Crippen LogP contribution in [0.3, 0.4) is 0 Å². The van der Waals surface area contributed by atoms with Crippen molar-refractivity contribution in [1.82, 2.24) is 25.2 Å². The number of carbonyl (C=O) groups excluding carboxylic acids is 6. The first-order valence-electron chi connectivity index (χ1n) is 19.1. The molecule has 0 spiro atoms. The summed E-state index contributed by atoms with van der Waals surface area (Å²) in [6, 6.07) is 1.82. The summed E-state index contributed by atoms with van der Waals surface area (Å²) in [4.78, 5) is 83.8. The van der Waals surface area contributed by atoms with E-state index >= 15 is 0 Å². The molecule has 0 aromatic heterocycles. The first-order chi connectivity index (χ1) is 26.4. The van der Waals surface area contributed by atoms with Gasteiger partial charge in [-0.05, 0) is 82.9 Å². The van der Waals surface area contributed by atoms with Crippen molar-refractivity contribution in [2.45, 2.75) is 126 Å². The van der Waals surface area contributed by atoms with Crippen molar-refractivity contribution in [1.29, 1.82) is 0 Å². The van der Waals surface area contributed by atoms with Gasteiger partial charge in [-0.1, -0.05) is 30.7 Å². The lowest BCUT2D eigenvalue weighted by molar-refractivity contribution is -0.141. The van der Waals surface area contributed by atoms with Gasteiger partial charge in [0.1, 0.15) is 35.1 Å². The van der Waals surface area contributed by atoms with Crippen LogP contribution in [-0.4, -0.2) is 95.0 Å². The molecule has 5 amide bonds. The number of ether oxygens (including phenoxy) is 2. The number of carbonyl (C=O) groups is 6. The molecule has 17 heteroatoms. The first-order valence-corrected chi connectivity index (χ1v) is 20.7. The van der Waals surface area contributed by atoms with Gasteiger partial charge >= 0.3 is 12.2 Å². The second-order valence-corrected chi connectivity index (χ2v) is 18.4. The molecule has 2 aliphatic heterocycles. The summed E-state index contributed by atoms with van der Waals surface area (Å²) in [6.07, 6.45) is 5.39. The Balaban J connectivity index is 1.22. The number of alkyl carbamates (subject to hydrolysis) is 1. The van der Waals surface area contributed by atoms with E-state index in [-0.39, 0.29) is 51.1 Å². The van der Waals surface area contributed by atoms with E-state index in [0.717, 1.165) is 24.2 Å². The van der Waals surface area contributed by atoms with Crippen LogP contribution in [0.1, 0.15) is 89.7 Å². The smallest absolute Gasteiger partial charge is 0.410 e. The van der Waals surface area contributed by atoms with E-state index in [0.29, 0.717) is 29.9 Å². The maximum atomic E-state index is 14.5. The van der Waals surface area contributed by atoms with E-state index in [1.807, 2.05) is 6.08 Å². The molecule has 0 bridgehead atoms. The number of amides is 5. The second-order valence-electron chi connectivity index (χ2n) is 16.4. The van der Waals surface area contributed by atoms with E-state index in [1.54, 1.807) is 26.8 Å². The molecule has 1 saturated heterocycles. The molecular formula is C39H50FN5O10S. The molecule has 304 valence electrons. The lowest BCUT2D eigenvalue weighted by Crippen LogP contribution is -2.58. The maximum Gasteiger partial charge on any atom is 0.410 e. The number of likely N-dealkylation sites (tertiary alicyclic amines) is 1. The van der Waals surface area contributed by atoms with Crippen LogP contribution in [0.5, 0.6) is 0 Å². The van der Waals surface area contributed by atoms with Crippen molar-refractivity contribution in [3.8, 4) is 0 Å². The van der Waals surface area contributed by atoms with Crippen molar-refractivity contribution in [3.05, 3.63) is 60.0 Å². The number of benzene rings is 1. The van der Waals surface area contributed by atoms with Crippen LogP contribution < -0.4 is 15.4 Å². The standard InChI is InChI=1S/C39H50FN5O10S/c1-5-25-19-39(25,35(49)43-56(52,53)28-15-16-28)42-33(47)32-18-27(54-37(51)44-20-24-10-7-11-30(40)29(24)22-44)21-45(32)34(48)31(41-36(50)55-38(2,3)4)17-14-26(46)13-12-23-8-6-9-23/h5,7,10-13,23,25,27-28,31-32H,1,6,8-9,14-22H2,2-4H3,(H,41,50)(H,42,47)(H,43,49)/b13-12+/t25-,27-,31+,32+,39-/m1/s1. The highest BCUT2D eigenvalue weighted by atomic mass is 32.2. The first kappa shape index (κ1) is 40.9. The SMILES string of the molecule is C=C[C@@H]1C[C@]1(NC(=O)[C@@H]1C[C@@H](OC(=O)N2Cc3cccc(F)c3C2)CN1C(=O)[C@H](CCC(=O)/C=C/C1CCC1)NC(=O)OC(C)(C)C)C(=O)NS(=O)(=O)C1CC1. The molecule has 1 aromatic rings. The summed E-state index contributed by atoms with van der Waals surface area (Å²) in [5, 5.41) is 4.52. The van der Waals surface area contributed by atoms with Crippen LogP contribution >= 0.6 is 0 Å². The molecule has 5 atom stereocenters. The average Bonchev–Trinajstić information content (AvgIpc) is 3.99. The van der Waals surface area contributed by atoms with Crippen LogP contribution in [0, 0.1) is 17.7 Å². The molecule has 4 fully saturated rings. The van der Waals surface area contributed by atoms with E-state index in [4.69, 9.17) is 9.47 Å². The number of fused-ring (bicyclic) bond motifs is 1. The largest absolute Gasteiger partial charge is 0.444 e. The molecule has 3 N–H and O–H groups in total. The highest BCUT2D eigenvalue weighted by Gasteiger charge is 2.62. The van der Waals surface area contributed by atoms with Crippen molar-refractivity contribution >= 4 is 45.7 Å². The zero-order chi connectivity index (χ0) is 40.6. The molecule has 1 aromatic carbocycles. The third-order valence-corrected chi connectivity index (χ3v) is 12.7. The van der Waals surface area contributed by atoms with Gasteiger partial charge in [-0.15, -0.1) is 6.58 Å². The van der Waals surface area contributed by atoms with Crippen LogP contribution in [0.4, 0.5) is 14.0 Å². The Morgan fingerprint density at radius 1 is 1.09 bits per heavy atom. The topological polar surface area (TPSA) is 198 Å². The number of ketones is 1. The summed E-state index contributed by atoms with van der Waals surface area (Å²) >= 11 is 0. The summed E-state index contributed by atoms with van der Waals surface area (Å²) < 4.78 is 53.1. The van der Waals surface area contributed by atoms with Crippen molar-refractivity contribution in [3.63, 3.8) is 0 Å². The molecule has 0 radical (unpaired) electrons. The van der Waals surface area contributed by atoms with Crippen molar-refractivity contribution in [2.75, 3.05) is 6.54 Å². The summed E-state index contributed by atoms with van der Waals surface area (Å²) in [5.74, 6) is -3.55. The van der Waals surface area contributed by atoms with Crippen LogP contribution in [0.25, 0.3) is 0 Å². The third-order valence-electron chi connectivity index (χ3n) is 10.9. The normalized spacial score (nSPS) is 25.1. The van der Waals surface area contributed by atoms with E-state index in [9.17, 15) is 41.6 Å². The Morgan fingerprint density at radius 3 is 2.43 bits per heavy atom. The number of nitrogens with zero attached hydrogens (tertiary/aromatic N) is 2. The number of hydrogen-bond acceptors (Lipinski definition) is 10. The second kappa shape index (κ2) is 16.0. The maximum absolute atomic E-state index is 14.5. The zero-order valence-corrected chi connectivity index (χ0v) is 32.7. The Labute approximate surface area is 325 Å². The van der Waals surface area contributed by atoms with Gasteiger partial charge < -0.3 is 25.0 Å². The monoisotopic (exact) mass is 799 g/mol. The fourth-order valence-electron chi connectivity index (χ4n) is 7.27. The van der Waals surface area contributed by atoms with Crippen LogP contribution in [0.15, 0.2) is 43.0 Å². The molecule has 56 heavy (non-hydrogen) atoms. The quantitative estimate of drug-likeness (QED) is 0.185. The molecule has 3 aliphatic carbocycles. The number of rotatable bonds is 14. The fraction of sp³-hybridized carbons (Fsp3) is 0.590. The molecule has 2 heterocycles. The highest BCUT2D eigenvalue weighted by molar-refractivity contribution is 7.91. The van der Waals surface area contributed by atoms with Gasteiger partial charge in [0, 0.05) is 30.9 Å². The minimum absolute atomic E-state index is 0.0461. The Kier molecular flexibility index (Phi) is 11.7. The van der Waals surface area contributed by atoms with Crippen molar-refractivity contribution in [2.24, 2.45) is 11.8 Å².